The Morgan fingerprint density at radius 3 is 2.74 bits per heavy atom. The number of carbonyl (C=O) groups is 3. The van der Waals surface area contributed by atoms with Gasteiger partial charge in [0.1, 0.15) is 18.3 Å². The predicted molar refractivity (Wildman–Crippen MR) is 71.4 cm³/mol. The lowest BCUT2D eigenvalue weighted by molar-refractivity contribution is -0.138. The summed E-state index contributed by atoms with van der Waals surface area (Å²) in [6.45, 7) is 1.72. The average Bonchev–Trinajstić information content (AvgIpc) is 2.66. The summed E-state index contributed by atoms with van der Waals surface area (Å²) in [6.07, 6.45) is 2.22. The lowest BCUT2D eigenvalue weighted by Gasteiger charge is -2.33. The Morgan fingerprint density at radius 2 is 2.21 bits per heavy atom. The summed E-state index contributed by atoms with van der Waals surface area (Å²) < 4.78 is 2.44. The fourth-order valence-electron chi connectivity index (χ4n) is 2.17. The van der Waals surface area contributed by atoms with Gasteiger partial charge in [0, 0.05) is 17.7 Å². The Bertz CT molecular complexity index is 552. The molecule has 1 N–H and O–H groups in total. The van der Waals surface area contributed by atoms with E-state index in [4.69, 9.17) is 0 Å². The average molecular weight is 328 g/mol. The van der Waals surface area contributed by atoms with E-state index in [0.29, 0.717) is 12.1 Å². The molecule has 1 fully saturated rings. The van der Waals surface area contributed by atoms with Crippen molar-refractivity contribution >= 4 is 33.7 Å². The van der Waals surface area contributed by atoms with Gasteiger partial charge in [-0.25, -0.2) is 0 Å². The van der Waals surface area contributed by atoms with Gasteiger partial charge in [-0.05, 0) is 28.4 Å². The first-order valence-corrected chi connectivity index (χ1v) is 6.70. The molecule has 1 aliphatic heterocycles. The zero-order valence-electron chi connectivity index (χ0n) is 10.6. The summed E-state index contributed by atoms with van der Waals surface area (Å²) >= 11 is 3.29. The van der Waals surface area contributed by atoms with Crippen LogP contribution >= 0.6 is 15.9 Å². The van der Waals surface area contributed by atoms with Gasteiger partial charge >= 0.3 is 0 Å². The maximum absolute atomic E-state index is 12.4. The number of piperazine rings is 1. The van der Waals surface area contributed by atoms with Gasteiger partial charge in [0.25, 0.3) is 5.91 Å². The van der Waals surface area contributed by atoms with Crippen LogP contribution in [0.5, 0.6) is 0 Å². The molecule has 0 bridgehead atoms. The second-order valence-electron chi connectivity index (χ2n) is 4.42. The third-order valence-corrected chi connectivity index (χ3v) is 3.53. The summed E-state index contributed by atoms with van der Waals surface area (Å²) in [7, 11) is 1.74. The number of nitrogens with zero attached hydrogens (tertiary/aromatic N) is 2. The molecular weight excluding hydrogens is 314 g/mol. The van der Waals surface area contributed by atoms with Crippen LogP contribution < -0.4 is 5.32 Å². The molecule has 102 valence electrons. The quantitative estimate of drug-likeness (QED) is 0.811. The summed E-state index contributed by atoms with van der Waals surface area (Å²) in [5.74, 6) is -1.18. The number of rotatable bonds is 2. The van der Waals surface area contributed by atoms with Crippen LogP contribution in [0.15, 0.2) is 16.7 Å². The van der Waals surface area contributed by atoms with Gasteiger partial charge in [-0.1, -0.05) is 6.92 Å². The van der Waals surface area contributed by atoms with Gasteiger partial charge in [-0.3, -0.25) is 19.7 Å². The molecule has 6 nitrogen and oxygen atoms in total. The van der Waals surface area contributed by atoms with Crippen LogP contribution in [-0.2, 0) is 16.6 Å². The van der Waals surface area contributed by atoms with Gasteiger partial charge in [0.05, 0.1) is 0 Å². The van der Waals surface area contributed by atoms with Crippen molar-refractivity contribution in [3.63, 3.8) is 0 Å². The molecule has 0 saturated carbocycles. The number of nitrogens with one attached hydrogen (secondary N) is 1. The molecule has 3 amide bonds. The smallest absolute Gasteiger partial charge is 0.271 e. The topological polar surface area (TPSA) is 71.4 Å². The van der Waals surface area contributed by atoms with E-state index >= 15 is 0 Å². The highest BCUT2D eigenvalue weighted by atomic mass is 79.9. The Balaban J connectivity index is 2.32. The second kappa shape index (κ2) is 5.16. The van der Waals surface area contributed by atoms with Crippen LogP contribution in [0.1, 0.15) is 23.8 Å². The van der Waals surface area contributed by atoms with Crippen LogP contribution in [0.25, 0.3) is 0 Å². The van der Waals surface area contributed by atoms with Crippen molar-refractivity contribution in [3.8, 4) is 0 Å². The second-order valence-corrected chi connectivity index (χ2v) is 5.34. The number of carbonyl (C=O) groups excluding carboxylic acids is 3. The zero-order valence-corrected chi connectivity index (χ0v) is 12.2. The van der Waals surface area contributed by atoms with Gasteiger partial charge in [0.2, 0.25) is 11.8 Å². The number of imide groups is 1. The maximum Gasteiger partial charge on any atom is 0.271 e. The molecule has 0 aromatic carbocycles. The molecule has 1 aromatic heterocycles. The van der Waals surface area contributed by atoms with Crippen LogP contribution in [0.3, 0.4) is 0 Å². The van der Waals surface area contributed by atoms with E-state index in [9.17, 15) is 14.4 Å². The minimum atomic E-state index is -0.598. The molecule has 1 unspecified atom stereocenters. The van der Waals surface area contributed by atoms with Crippen molar-refractivity contribution < 1.29 is 14.4 Å². The first kappa shape index (κ1) is 13.8. The number of aryl methyl sites for hydroxylation is 1. The maximum atomic E-state index is 12.4. The highest BCUT2D eigenvalue weighted by Crippen LogP contribution is 2.18. The monoisotopic (exact) mass is 327 g/mol. The van der Waals surface area contributed by atoms with Crippen LogP contribution in [0, 0.1) is 0 Å². The first-order valence-electron chi connectivity index (χ1n) is 5.90. The van der Waals surface area contributed by atoms with Crippen LogP contribution in [0.4, 0.5) is 0 Å². The lowest BCUT2D eigenvalue weighted by atomic mass is 10.1. The molecule has 1 aromatic rings. The fraction of sp³-hybridized carbons (Fsp3) is 0.417. The largest absolute Gasteiger partial charge is 0.345 e. The number of halogens is 1. The first-order chi connectivity index (χ1) is 8.93. The van der Waals surface area contributed by atoms with Crippen molar-refractivity contribution in [1.82, 2.24) is 14.8 Å². The third-order valence-electron chi connectivity index (χ3n) is 3.09. The van der Waals surface area contributed by atoms with Crippen molar-refractivity contribution in [3.05, 3.63) is 22.4 Å². The van der Waals surface area contributed by atoms with E-state index in [1.54, 1.807) is 30.8 Å². The highest BCUT2D eigenvalue weighted by Gasteiger charge is 2.36. The molecule has 1 atom stereocenters. The summed E-state index contributed by atoms with van der Waals surface area (Å²) in [5, 5.41) is 2.25. The lowest BCUT2D eigenvalue weighted by Crippen LogP contribution is -2.59. The van der Waals surface area contributed by atoms with Gasteiger partial charge in [-0.2, -0.15) is 0 Å². The molecular formula is C12H14BrN3O3. The Morgan fingerprint density at radius 1 is 1.53 bits per heavy atom. The summed E-state index contributed by atoms with van der Waals surface area (Å²) in [5.41, 5.74) is 0.438. The van der Waals surface area contributed by atoms with Crippen LogP contribution in [-0.4, -0.2) is 39.8 Å². The summed E-state index contributed by atoms with van der Waals surface area (Å²) in [4.78, 5) is 36.9. The Kier molecular flexibility index (Phi) is 3.75. The fourth-order valence-corrected chi connectivity index (χ4v) is 2.69. The van der Waals surface area contributed by atoms with Crippen molar-refractivity contribution in [2.24, 2.45) is 7.05 Å². The third kappa shape index (κ3) is 2.56. The van der Waals surface area contributed by atoms with Crippen molar-refractivity contribution in [1.29, 1.82) is 0 Å². The Labute approximate surface area is 118 Å². The van der Waals surface area contributed by atoms with Crippen LogP contribution in [0.2, 0.25) is 0 Å². The highest BCUT2D eigenvalue weighted by molar-refractivity contribution is 9.10. The molecule has 2 heterocycles. The minimum Gasteiger partial charge on any atom is -0.345 e. The standard InChI is InChI=1S/C12H14BrN3O3/c1-3-8-11(18)14-10(17)6-16(8)12(19)9-4-7(13)5-15(9)2/h4-5,8H,3,6H2,1-2H3,(H,14,17,18). The molecule has 1 aliphatic rings. The van der Waals surface area contributed by atoms with Gasteiger partial charge < -0.3 is 9.47 Å². The number of aromatic nitrogens is 1. The number of hydrogen-bond donors (Lipinski definition) is 1. The predicted octanol–water partition coefficient (Wildman–Crippen LogP) is 0.665. The molecule has 0 radical (unpaired) electrons. The molecule has 2 rings (SSSR count). The number of amides is 3. The van der Waals surface area contributed by atoms with Gasteiger partial charge in [-0.15, -0.1) is 0 Å². The molecule has 0 spiro atoms. The van der Waals surface area contributed by atoms with E-state index in [1.165, 1.54) is 4.90 Å². The van der Waals surface area contributed by atoms with E-state index in [2.05, 4.69) is 21.2 Å². The molecule has 0 aliphatic carbocycles. The number of hydrogen-bond acceptors (Lipinski definition) is 3. The van der Waals surface area contributed by atoms with E-state index in [1.807, 2.05) is 0 Å². The summed E-state index contributed by atoms with van der Waals surface area (Å²) in [6, 6.07) is 1.07. The van der Waals surface area contributed by atoms with Gasteiger partial charge in [0.15, 0.2) is 0 Å². The Hall–Kier alpha value is -1.63. The SMILES string of the molecule is CCC1C(=O)NC(=O)CN1C(=O)c1cc(Br)cn1C. The van der Waals surface area contributed by atoms with Crippen molar-refractivity contribution in [2.45, 2.75) is 19.4 Å². The molecule has 19 heavy (non-hydrogen) atoms. The molecule has 1 saturated heterocycles. The molecule has 7 heteroatoms. The van der Waals surface area contributed by atoms with E-state index in [0.717, 1.165) is 4.47 Å². The zero-order chi connectivity index (χ0) is 14.2. The van der Waals surface area contributed by atoms with E-state index in [-0.39, 0.29) is 12.5 Å². The van der Waals surface area contributed by atoms with Crippen molar-refractivity contribution in [2.75, 3.05) is 6.54 Å². The van der Waals surface area contributed by atoms with E-state index < -0.39 is 17.9 Å². The normalized spacial score (nSPS) is 19.5. The minimum absolute atomic E-state index is 0.0914.